The van der Waals surface area contributed by atoms with Crippen molar-refractivity contribution in [1.82, 2.24) is 10.6 Å². The fourth-order valence-corrected chi connectivity index (χ4v) is 2.78. The van der Waals surface area contributed by atoms with Crippen LogP contribution >= 0.6 is 35.3 Å². The van der Waals surface area contributed by atoms with Crippen LogP contribution in [-0.4, -0.2) is 19.0 Å². The van der Waals surface area contributed by atoms with E-state index in [1.165, 1.54) is 10.9 Å². The number of thiophene rings is 1. The highest BCUT2D eigenvalue weighted by Gasteiger charge is 2.02. The van der Waals surface area contributed by atoms with Gasteiger partial charge >= 0.3 is 0 Å². The van der Waals surface area contributed by atoms with E-state index >= 15 is 0 Å². The number of hydrogen-bond acceptors (Lipinski definition) is 2. The Kier molecular flexibility index (Phi) is 9.16. The Morgan fingerprint density at radius 3 is 2.74 bits per heavy atom. The van der Waals surface area contributed by atoms with E-state index in [4.69, 9.17) is 0 Å². The lowest BCUT2D eigenvalue weighted by atomic mass is 10.1. The Hall–Kier alpha value is -1.15. The molecule has 0 spiro atoms. The number of aryl methyl sites for hydroxylation is 1. The molecular formula is C17H23FIN3S. The normalized spacial score (nSPS) is 11.0. The second kappa shape index (κ2) is 10.6. The van der Waals surface area contributed by atoms with Gasteiger partial charge < -0.3 is 10.6 Å². The first-order chi connectivity index (χ1) is 10.7. The third-order valence-electron chi connectivity index (χ3n) is 3.31. The molecule has 1 heterocycles. The van der Waals surface area contributed by atoms with Gasteiger partial charge in [0, 0.05) is 18.0 Å². The van der Waals surface area contributed by atoms with Gasteiger partial charge in [-0.1, -0.05) is 12.1 Å². The van der Waals surface area contributed by atoms with E-state index in [0.29, 0.717) is 6.54 Å². The summed E-state index contributed by atoms with van der Waals surface area (Å²) in [4.78, 5) is 5.81. The molecule has 2 N–H and O–H groups in total. The van der Waals surface area contributed by atoms with Crippen LogP contribution in [0.1, 0.15) is 22.9 Å². The molecule has 0 saturated heterocycles. The minimum atomic E-state index is -0.181. The average molecular weight is 447 g/mol. The van der Waals surface area contributed by atoms with Crippen molar-refractivity contribution in [2.75, 3.05) is 13.1 Å². The van der Waals surface area contributed by atoms with Gasteiger partial charge in [0.15, 0.2) is 5.96 Å². The largest absolute Gasteiger partial charge is 0.357 e. The second-order valence-electron chi connectivity index (χ2n) is 5.02. The summed E-state index contributed by atoms with van der Waals surface area (Å²) < 4.78 is 13.1. The smallest absolute Gasteiger partial charge is 0.191 e. The summed E-state index contributed by atoms with van der Waals surface area (Å²) in [6.07, 6.45) is 0.843. The van der Waals surface area contributed by atoms with Crippen molar-refractivity contribution >= 4 is 41.3 Å². The molecule has 0 radical (unpaired) electrons. The van der Waals surface area contributed by atoms with Gasteiger partial charge in [-0.05, 0) is 55.0 Å². The second-order valence-corrected chi connectivity index (χ2v) is 6.05. The number of halogens is 2. The topological polar surface area (TPSA) is 36.4 Å². The molecule has 0 fully saturated rings. The maximum absolute atomic E-state index is 13.1. The molecule has 126 valence electrons. The van der Waals surface area contributed by atoms with Crippen LogP contribution in [0.4, 0.5) is 4.39 Å². The molecule has 0 aliphatic heterocycles. The number of benzene rings is 1. The zero-order valence-corrected chi connectivity index (χ0v) is 16.6. The molecule has 0 saturated carbocycles. The van der Waals surface area contributed by atoms with Crippen LogP contribution < -0.4 is 10.6 Å². The minimum absolute atomic E-state index is 0. The maximum atomic E-state index is 13.1. The van der Waals surface area contributed by atoms with E-state index in [2.05, 4.69) is 27.1 Å². The van der Waals surface area contributed by atoms with Crippen molar-refractivity contribution < 1.29 is 4.39 Å². The molecule has 1 aromatic carbocycles. The van der Waals surface area contributed by atoms with Crippen LogP contribution in [0.25, 0.3) is 0 Å². The molecule has 0 atom stereocenters. The zero-order chi connectivity index (χ0) is 15.8. The molecule has 23 heavy (non-hydrogen) atoms. The van der Waals surface area contributed by atoms with Gasteiger partial charge in [-0.25, -0.2) is 9.38 Å². The van der Waals surface area contributed by atoms with E-state index in [1.54, 1.807) is 17.4 Å². The van der Waals surface area contributed by atoms with Gasteiger partial charge in [0.2, 0.25) is 0 Å². The third-order valence-corrected chi connectivity index (χ3v) is 4.17. The van der Waals surface area contributed by atoms with Crippen molar-refractivity contribution in [1.29, 1.82) is 0 Å². The van der Waals surface area contributed by atoms with E-state index < -0.39 is 0 Å². The Morgan fingerprint density at radius 2 is 2.09 bits per heavy atom. The molecule has 0 aliphatic carbocycles. The molecule has 1 aromatic heterocycles. The van der Waals surface area contributed by atoms with E-state index in [1.807, 2.05) is 26.0 Å². The Balaban J connectivity index is 0.00000264. The lowest BCUT2D eigenvalue weighted by Gasteiger charge is -2.12. The summed E-state index contributed by atoms with van der Waals surface area (Å²) in [5.41, 5.74) is 2.14. The molecule has 6 heteroatoms. The number of hydrogen-bond donors (Lipinski definition) is 2. The number of aliphatic imine (C=N–C) groups is 1. The number of nitrogens with one attached hydrogen (secondary N) is 2. The number of guanidine groups is 1. The first kappa shape index (κ1) is 19.9. The lowest BCUT2D eigenvalue weighted by Crippen LogP contribution is -2.38. The van der Waals surface area contributed by atoms with Gasteiger partial charge in [0.05, 0.1) is 6.54 Å². The van der Waals surface area contributed by atoms with Gasteiger partial charge in [0.25, 0.3) is 0 Å². The molecule has 0 amide bonds. The minimum Gasteiger partial charge on any atom is -0.357 e. The van der Waals surface area contributed by atoms with E-state index in [-0.39, 0.29) is 29.8 Å². The number of nitrogens with zero attached hydrogens (tertiary/aromatic N) is 1. The Labute approximate surface area is 158 Å². The third kappa shape index (κ3) is 6.87. The summed E-state index contributed by atoms with van der Waals surface area (Å²) in [7, 11) is 0. The quantitative estimate of drug-likeness (QED) is 0.397. The Bertz CT molecular complexity index is 614. The van der Waals surface area contributed by atoms with Crippen molar-refractivity contribution in [2.45, 2.75) is 26.8 Å². The van der Waals surface area contributed by atoms with Crippen LogP contribution in [-0.2, 0) is 13.0 Å². The highest BCUT2D eigenvalue weighted by atomic mass is 127. The summed E-state index contributed by atoms with van der Waals surface area (Å²) in [5.74, 6) is 0.635. The fraction of sp³-hybridized carbons (Fsp3) is 0.353. The van der Waals surface area contributed by atoms with Crippen LogP contribution in [0.2, 0.25) is 0 Å². The van der Waals surface area contributed by atoms with Crippen LogP contribution in [0.15, 0.2) is 40.7 Å². The van der Waals surface area contributed by atoms with Crippen molar-refractivity contribution in [3.63, 3.8) is 0 Å². The van der Waals surface area contributed by atoms with Crippen LogP contribution in [0.5, 0.6) is 0 Å². The highest BCUT2D eigenvalue weighted by molar-refractivity contribution is 14.0. The summed E-state index contributed by atoms with van der Waals surface area (Å²) in [6, 6.07) is 9.05. The SMILES string of the molecule is CCNC(=NCc1cccs1)NCCc1ccc(F)cc1C.I. The number of rotatable bonds is 6. The molecule has 0 bridgehead atoms. The van der Waals surface area contributed by atoms with Gasteiger partial charge in [-0.15, -0.1) is 35.3 Å². The van der Waals surface area contributed by atoms with Crippen molar-refractivity contribution in [3.8, 4) is 0 Å². The predicted octanol–water partition coefficient (Wildman–Crippen LogP) is 4.11. The molecule has 2 rings (SSSR count). The van der Waals surface area contributed by atoms with Crippen LogP contribution in [0, 0.1) is 12.7 Å². The summed E-state index contributed by atoms with van der Waals surface area (Å²) in [5, 5.41) is 8.62. The summed E-state index contributed by atoms with van der Waals surface area (Å²) >= 11 is 1.71. The average Bonchev–Trinajstić information content (AvgIpc) is 3.00. The molecule has 2 aromatic rings. The van der Waals surface area contributed by atoms with Crippen molar-refractivity contribution in [2.24, 2.45) is 4.99 Å². The van der Waals surface area contributed by atoms with E-state index in [9.17, 15) is 4.39 Å². The molecule has 3 nitrogen and oxygen atoms in total. The maximum Gasteiger partial charge on any atom is 0.191 e. The Morgan fingerprint density at radius 1 is 1.26 bits per heavy atom. The summed E-state index contributed by atoms with van der Waals surface area (Å²) in [6.45, 7) is 6.26. The monoisotopic (exact) mass is 447 g/mol. The van der Waals surface area contributed by atoms with Gasteiger partial charge in [-0.3, -0.25) is 0 Å². The fourth-order valence-electron chi connectivity index (χ4n) is 2.16. The molecular weight excluding hydrogens is 424 g/mol. The zero-order valence-electron chi connectivity index (χ0n) is 13.4. The predicted molar refractivity (Wildman–Crippen MR) is 107 cm³/mol. The highest BCUT2D eigenvalue weighted by Crippen LogP contribution is 2.11. The first-order valence-corrected chi connectivity index (χ1v) is 8.36. The van der Waals surface area contributed by atoms with Gasteiger partial charge in [0.1, 0.15) is 5.82 Å². The van der Waals surface area contributed by atoms with Crippen LogP contribution in [0.3, 0.4) is 0 Å². The van der Waals surface area contributed by atoms with E-state index in [0.717, 1.165) is 36.6 Å². The van der Waals surface area contributed by atoms with Crippen molar-refractivity contribution in [3.05, 3.63) is 57.5 Å². The first-order valence-electron chi connectivity index (χ1n) is 7.48. The molecule has 0 aliphatic rings. The lowest BCUT2D eigenvalue weighted by molar-refractivity contribution is 0.625. The van der Waals surface area contributed by atoms with Gasteiger partial charge in [-0.2, -0.15) is 0 Å². The molecule has 0 unspecified atom stereocenters. The standard InChI is InChI=1S/C17H22FN3S.HI/c1-3-19-17(21-12-16-5-4-10-22-16)20-9-8-14-6-7-15(18)11-13(14)2;/h4-7,10-11H,3,8-9,12H2,1-2H3,(H2,19,20,21);1H.